The molecule has 132 valence electrons. The Morgan fingerprint density at radius 2 is 1.70 bits per heavy atom. The highest BCUT2D eigenvalue weighted by Gasteiger charge is 2.38. The van der Waals surface area contributed by atoms with E-state index in [1.54, 1.807) is 0 Å². The number of nitrogens with zero attached hydrogens (tertiary/aromatic N) is 1. The van der Waals surface area contributed by atoms with E-state index in [4.69, 9.17) is 4.98 Å². The quantitative estimate of drug-likeness (QED) is 0.839. The monoisotopic (exact) mass is 337 g/mol. The van der Waals surface area contributed by atoms with Crippen molar-refractivity contribution < 1.29 is 0 Å². The second-order valence-electron chi connectivity index (χ2n) is 9.60. The van der Waals surface area contributed by atoms with Crippen molar-refractivity contribution in [1.29, 1.82) is 0 Å². The number of nitrogens with one attached hydrogen (secondary N) is 2. The van der Waals surface area contributed by atoms with Gasteiger partial charge in [-0.25, -0.2) is 4.98 Å². The smallest absolute Gasteiger partial charge is 0.0985 e. The molecule has 4 heteroatoms. The Bertz CT molecular complexity index is 535. The van der Waals surface area contributed by atoms with Gasteiger partial charge in [-0.3, -0.25) is 0 Å². The van der Waals surface area contributed by atoms with Gasteiger partial charge in [0.2, 0.25) is 0 Å². The summed E-state index contributed by atoms with van der Waals surface area (Å²) in [5.74, 6) is 0. The molecule has 2 N–H and O–H groups in total. The molecule has 1 fully saturated rings. The molecule has 2 rings (SSSR count). The SMILES string of the molecule is Cc1nc(C(C)(C)C)sc1C(C)NC1CC(C)(C)NC(C)(C)C1. The topological polar surface area (TPSA) is 37.0 Å². The van der Waals surface area contributed by atoms with Gasteiger partial charge in [-0.2, -0.15) is 0 Å². The average molecular weight is 338 g/mol. The molecule has 0 bridgehead atoms. The summed E-state index contributed by atoms with van der Waals surface area (Å²) in [6.45, 7) is 20.4. The minimum absolute atomic E-state index is 0.131. The van der Waals surface area contributed by atoms with Crippen molar-refractivity contribution in [1.82, 2.24) is 15.6 Å². The summed E-state index contributed by atoms with van der Waals surface area (Å²) >= 11 is 1.87. The lowest BCUT2D eigenvalue weighted by Crippen LogP contribution is -2.61. The number of hydrogen-bond donors (Lipinski definition) is 2. The summed E-state index contributed by atoms with van der Waals surface area (Å²) in [5.41, 5.74) is 1.68. The van der Waals surface area contributed by atoms with Crippen LogP contribution in [0.5, 0.6) is 0 Å². The molecule has 2 heterocycles. The van der Waals surface area contributed by atoms with Crippen LogP contribution in [0.4, 0.5) is 0 Å². The molecule has 1 atom stereocenters. The fourth-order valence-corrected chi connectivity index (χ4v) is 5.14. The third-order valence-electron chi connectivity index (χ3n) is 4.54. The summed E-state index contributed by atoms with van der Waals surface area (Å²) in [5, 5.41) is 8.88. The number of aromatic nitrogens is 1. The molecule has 0 spiro atoms. The van der Waals surface area contributed by atoms with E-state index in [1.807, 2.05) is 11.3 Å². The van der Waals surface area contributed by atoms with Crippen LogP contribution in [0.2, 0.25) is 0 Å². The predicted molar refractivity (Wildman–Crippen MR) is 101 cm³/mol. The van der Waals surface area contributed by atoms with Crippen molar-refractivity contribution in [3.05, 3.63) is 15.6 Å². The first-order valence-corrected chi connectivity index (χ1v) is 9.64. The van der Waals surface area contributed by atoms with Gasteiger partial charge in [0, 0.05) is 33.5 Å². The number of hydrogen-bond acceptors (Lipinski definition) is 4. The van der Waals surface area contributed by atoms with E-state index in [2.05, 4.69) is 72.9 Å². The van der Waals surface area contributed by atoms with Crippen LogP contribution in [0.25, 0.3) is 0 Å². The summed E-state index contributed by atoms with van der Waals surface area (Å²) in [6, 6.07) is 0.897. The minimum Gasteiger partial charge on any atom is -0.307 e. The maximum absolute atomic E-state index is 4.82. The molecule has 23 heavy (non-hydrogen) atoms. The van der Waals surface area contributed by atoms with E-state index in [9.17, 15) is 0 Å². The van der Waals surface area contributed by atoms with E-state index in [0.29, 0.717) is 12.1 Å². The highest BCUT2D eigenvalue weighted by atomic mass is 32.1. The molecule has 1 saturated heterocycles. The highest BCUT2D eigenvalue weighted by molar-refractivity contribution is 7.12. The summed E-state index contributed by atoms with van der Waals surface area (Å²) in [6.07, 6.45) is 2.31. The Morgan fingerprint density at radius 1 is 1.17 bits per heavy atom. The van der Waals surface area contributed by atoms with E-state index >= 15 is 0 Å². The van der Waals surface area contributed by atoms with Gasteiger partial charge in [0.05, 0.1) is 10.7 Å². The number of rotatable bonds is 3. The molecule has 1 aromatic heterocycles. The molecule has 1 aliphatic rings. The first kappa shape index (κ1) is 18.9. The van der Waals surface area contributed by atoms with Crippen LogP contribution in [0.15, 0.2) is 0 Å². The van der Waals surface area contributed by atoms with Crippen LogP contribution in [0.1, 0.15) is 89.9 Å². The van der Waals surface area contributed by atoms with Gasteiger partial charge in [-0.15, -0.1) is 11.3 Å². The molecular formula is C19H35N3S. The van der Waals surface area contributed by atoms with Crippen molar-refractivity contribution in [2.24, 2.45) is 0 Å². The zero-order valence-electron chi connectivity index (χ0n) is 16.4. The van der Waals surface area contributed by atoms with Crippen LogP contribution in [-0.2, 0) is 5.41 Å². The van der Waals surface area contributed by atoms with E-state index < -0.39 is 0 Å². The molecule has 0 radical (unpaired) electrons. The Balaban J connectivity index is 2.13. The van der Waals surface area contributed by atoms with Gasteiger partial charge in [0.1, 0.15) is 0 Å². The normalized spacial score (nSPS) is 23.0. The van der Waals surface area contributed by atoms with Gasteiger partial charge in [0.15, 0.2) is 0 Å². The minimum atomic E-state index is 0.131. The van der Waals surface area contributed by atoms with Crippen LogP contribution < -0.4 is 10.6 Å². The lowest BCUT2D eigenvalue weighted by atomic mass is 9.79. The molecule has 0 aliphatic carbocycles. The predicted octanol–water partition coefficient (Wildman–Crippen LogP) is 4.71. The molecule has 3 nitrogen and oxygen atoms in total. The highest BCUT2D eigenvalue weighted by Crippen LogP contribution is 2.34. The molecule has 0 amide bonds. The molecule has 1 aliphatic heterocycles. The van der Waals surface area contributed by atoms with E-state index in [0.717, 1.165) is 12.8 Å². The van der Waals surface area contributed by atoms with Crippen LogP contribution in [0.3, 0.4) is 0 Å². The summed E-state index contributed by atoms with van der Waals surface area (Å²) in [7, 11) is 0. The van der Waals surface area contributed by atoms with Crippen molar-refractivity contribution in [2.45, 2.75) is 104 Å². The Hall–Kier alpha value is -0.450. The molecule has 0 aromatic carbocycles. The zero-order chi connectivity index (χ0) is 17.6. The fourth-order valence-electron chi connectivity index (χ4n) is 4.00. The third-order valence-corrected chi connectivity index (χ3v) is 6.31. The van der Waals surface area contributed by atoms with Crippen LogP contribution in [0, 0.1) is 6.92 Å². The zero-order valence-corrected chi connectivity index (χ0v) is 17.2. The number of thiazole rings is 1. The van der Waals surface area contributed by atoms with Crippen molar-refractivity contribution in [3.63, 3.8) is 0 Å². The Kier molecular flexibility index (Phi) is 5.03. The van der Waals surface area contributed by atoms with Crippen molar-refractivity contribution >= 4 is 11.3 Å². The second kappa shape index (κ2) is 6.12. The average Bonchev–Trinajstić information content (AvgIpc) is 2.66. The summed E-state index contributed by atoms with van der Waals surface area (Å²) < 4.78 is 0. The van der Waals surface area contributed by atoms with Crippen LogP contribution in [-0.4, -0.2) is 22.1 Å². The fraction of sp³-hybridized carbons (Fsp3) is 0.842. The molecule has 1 aromatic rings. The first-order valence-electron chi connectivity index (χ1n) is 8.82. The number of aryl methyl sites for hydroxylation is 1. The maximum atomic E-state index is 4.82. The summed E-state index contributed by atoms with van der Waals surface area (Å²) in [4.78, 5) is 6.21. The largest absolute Gasteiger partial charge is 0.307 e. The van der Waals surface area contributed by atoms with Crippen LogP contribution >= 0.6 is 11.3 Å². The lowest BCUT2D eigenvalue weighted by molar-refractivity contribution is 0.141. The molecular weight excluding hydrogens is 302 g/mol. The van der Waals surface area contributed by atoms with Crippen molar-refractivity contribution in [2.75, 3.05) is 0 Å². The van der Waals surface area contributed by atoms with Crippen molar-refractivity contribution in [3.8, 4) is 0 Å². The van der Waals surface area contributed by atoms with Gasteiger partial charge < -0.3 is 10.6 Å². The first-order chi connectivity index (χ1) is 10.3. The van der Waals surface area contributed by atoms with Gasteiger partial charge >= 0.3 is 0 Å². The van der Waals surface area contributed by atoms with Gasteiger partial charge in [0.25, 0.3) is 0 Å². The van der Waals surface area contributed by atoms with E-state index in [1.165, 1.54) is 15.6 Å². The van der Waals surface area contributed by atoms with Gasteiger partial charge in [-0.05, 0) is 54.4 Å². The maximum Gasteiger partial charge on any atom is 0.0985 e. The second-order valence-corrected chi connectivity index (χ2v) is 10.6. The van der Waals surface area contributed by atoms with E-state index in [-0.39, 0.29) is 16.5 Å². The Morgan fingerprint density at radius 3 is 2.13 bits per heavy atom. The Labute approximate surface area is 146 Å². The lowest BCUT2D eigenvalue weighted by Gasteiger charge is -2.47. The molecule has 0 saturated carbocycles. The van der Waals surface area contributed by atoms with Gasteiger partial charge in [-0.1, -0.05) is 20.8 Å². The standard InChI is InChI=1S/C19H35N3S/c1-12(15-13(2)21-16(23-15)17(3,4)5)20-14-10-18(6,7)22-19(8,9)11-14/h12,14,20,22H,10-11H2,1-9H3. The third kappa shape index (κ3) is 4.77. The number of piperidine rings is 1. The molecule has 1 unspecified atom stereocenters.